The van der Waals surface area contributed by atoms with Crippen molar-refractivity contribution >= 4 is 0 Å². The van der Waals surface area contributed by atoms with Crippen LogP contribution in [0.15, 0.2) is 18.2 Å². The fraction of sp³-hybridized carbons (Fsp3) is 0.571. The molecule has 1 fully saturated rings. The first kappa shape index (κ1) is 11.6. The largest absolute Gasteiger partial charge is 0.386 e. The summed E-state index contributed by atoms with van der Waals surface area (Å²) >= 11 is 0. The number of rotatable bonds is 2. The predicted molar refractivity (Wildman–Crippen MR) is 64.4 cm³/mol. The van der Waals surface area contributed by atoms with Crippen molar-refractivity contribution in [2.24, 2.45) is 0 Å². The lowest BCUT2D eigenvalue weighted by Crippen LogP contribution is -2.18. The minimum atomic E-state index is -0.483. The summed E-state index contributed by atoms with van der Waals surface area (Å²) in [5.74, 6) is 0. The molecule has 1 saturated heterocycles. The third-order valence-corrected chi connectivity index (χ3v) is 3.20. The summed E-state index contributed by atoms with van der Waals surface area (Å²) in [7, 11) is 0. The van der Waals surface area contributed by atoms with Crippen molar-refractivity contribution in [2.45, 2.75) is 51.9 Å². The van der Waals surface area contributed by atoms with Gasteiger partial charge in [0.05, 0.1) is 12.2 Å². The molecule has 16 heavy (non-hydrogen) atoms. The van der Waals surface area contributed by atoms with E-state index in [4.69, 9.17) is 4.74 Å². The van der Waals surface area contributed by atoms with E-state index >= 15 is 0 Å². The molecular weight excluding hydrogens is 200 g/mol. The molecule has 1 aromatic rings. The van der Waals surface area contributed by atoms with E-state index < -0.39 is 6.10 Å². The van der Waals surface area contributed by atoms with Gasteiger partial charge >= 0.3 is 0 Å². The Labute approximate surface area is 97.3 Å². The highest BCUT2D eigenvalue weighted by atomic mass is 16.5. The van der Waals surface area contributed by atoms with E-state index in [-0.39, 0.29) is 12.2 Å². The molecule has 0 saturated carbocycles. The van der Waals surface area contributed by atoms with E-state index in [2.05, 4.69) is 26.8 Å². The number of hydrogen-bond acceptors (Lipinski definition) is 2. The molecule has 1 heterocycles. The maximum Gasteiger partial charge on any atom is 0.105 e. The highest BCUT2D eigenvalue weighted by Gasteiger charge is 2.29. The fourth-order valence-corrected chi connectivity index (χ4v) is 2.46. The summed E-state index contributed by atoms with van der Waals surface area (Å²) in [4.78, 5) is 0. The van der Waals surface area contributed by atoms with Crippen molar-refractivity contribution in [3.63, 3.8) is 0 Å². The topological polar surface area (TPSA) is 29.5 Å². The number of benzene rings is 1. The maximum atomic E-state index is 10.3. The Bertz CT molecular complexity index is 353. The minimum Gasteiger partial charge on any atom is -0.386 e. The summed E-state index contributed by atoms with van der Waals surface area (Å²) in [6.07, 6.45) is 1.77. The number of ether oxygens (including phenoxy) is 1. The summed E-state index contributed by atoms with van der Waals surface area (Å²) in [5, 5.41) is 10.3. The quantitative estimate of drug-likeness (QED) is 0.830. The normalized spacial score (nSPS) is 27.0. The monoisotopic (exact) mass is 220 g/mol. The zero-order valence-electron chi connectivity index (χ0n) is 10.2. The third-order valence-electron chi connectivity index (χ3n) is 3.20. The average Bonchev–Trinajstić information content (AvgIpc) is 2.62. The van der Waals surface area contributed by atoms with E-state index in [0.29, 0.717) is 0 Å². The van der Waals surface area contributed by atoms with Crippen LogP contribution in [0.25, 0.3) is 0 Å². The van der Waals surface area contributed by atoms with Gasteiger partial charge in [-0.15, -0.1) is 0 Å². The lowest BCUT2D eigenvalue weighted by molar-refractivity contribution is -0.0297. The third kappa shape index (κ3) is 2.45. The second-order valence-electron chi connectivity index (χ2n) is 4.93. The average molecular weight is 220 g/mol. The van der Waals surface area contributed by atoms with Crippen LogP contribution in [0.2, 0.25) is 0 Å². The zero-order valence-corrected chi connectivity index (χ0v) is 10.2. The lowest BCUT2D eigenvalue weighted by Gasteiger charge is -2.19. The molecule has 2 heteroatoms. The molecule has 3 unspecified atom stereocenters. The molecular formula is C14H20O2. The van der Waals surface area contributed by atoms with Gasteiger partial charge in [-0.05, 0) is 39.2 Å². The molecule has 2 nitrogen and oxygen atoms in total. The first-order valence-corrected chi connectivity index (χ1v) is 5.98. The van der Waals surface area contributed by atoms with Gasteiger partial charge < -0.3 is 9.84 Å². The van der Waals surface area contributed by atoms with Crippen molar-refractivity contribution in [3.8, 4) is 0 Å². The highest BCUT2D eigenvalue weighted by Crippen LogP contribution is 2.30. The molecule has 1 aliphatic heterocycles. The Morgan fingerprint density at radius 3 is 2.31 bits per heavy atom. The van der Waals surface area contributed by atoms with Gasteiger partial charge in [0.25, 0.3) is 0 Å². The smallest absolute Gasteiger partial charge is 0.105 e. The van der Waals surface area contributed by atoms with E-state index in [1.807, 2.05) is 12.1 Å². The second-order valence-corrected chi connectivity index (χ2v) is 4.93. The van der Waals surface area contributed by atoms with Crippen molar-refractivity contribution in [1.82, 2.24) is 0 Å². The lowest BCUT2D eigenvalue weighted by atomic mass is 9.98. The number of hydrogen-bond donors (Lipinski definition) is 1. The Balaban J connectivity index is 2.17. The van der Waals surface area contributed by atoms with Crippen molar-refractivity contribution in [1.29, 1.82) is 0 Å². The van der Waals surface area contributed by atoms with Gasteiger partial charge in [-0.25, -0.2) is 0 Å². The standard InChI is InChI=1S/C14H20O2/c1-9-6-10(2)8-12(7-9)14(15)13-5-4-11(3)16-13/h6-8,11,13-15H,4-5H2,1-3H3. The number of aliphatic hydroxyl groups is 1. The molecule has 1 aliphatic rings. The molecule has 1 aromatic carbocycles. The summed E-state index contributed by atoms with van der Waals surface area (Å²) in [5.41, 5.74) is 3.37. The van der Waals surface area contributed by atoms with Crippen LogP contribution in [-0.4, -0.2) is 17.3 Å². The molecule has 0 aromatic heterocycles. The summed E-state index contributed by atoms with van der Waals surface area (Å²) in [6.45, 7) is 6.18. The Hall–Kier alpha value is -0.860. The van der Waals surface area contributed by atoms with Gasteiger partial charge in [0, 0.05) is 0 Å². The molecule has 1 N–H and O–H groups in total. The Kier molecular flexibility index (Phi) is 3.31. The van der Waals surface area contributed by atoms with Crippen LogP contribution in [0, 0.1) is 13.8 Å². The molecule has 0 aliphatic carbocycles. The van der Waals surface area contributed by atoms with Crippen molar-refractivity contribution in [2.75, 3.05) is 0 Å². The van der Waals surface area contributed by atoms with Gasteiger partial charge in [0.15, 0.2) is 0 Å². The van der Waals surface area contributed by atoms with Crippen molar-refractivity contribution < 1.29 is 9.84 Å². The van der Waals surface area contributed by atoms with Crippen LogP contribution >= 0.6 is 0 Å². The van der Waals surface area contributed by atoms with Crippen LogP contribution in [0.3, 0.4) is 0 Å². The molecule has 0 amide bonds. The van der Waals surface area contributed by atoms with Crippen LogP contribution in [0.1, 0.15) is 42.6 Å². The van der Waals surface area contributed by atoms with Crippen LogP contribution in [0.4, 0.5) is 0 Å². The first-order chi connectivity index (χ1) is 7.56. The summed E-state index contributed by atoms with van der Waals surface area (Å²) < 4.78 is 5.71. The van der Waals surface area contributed by atoms with E-state index in [0.717, 1.165) is 18.4 Å². The fourth-order valence-electron chi connectivity index (χ4n) is 2.46. The molecule has 0 spiro atoms. The SMILES string of the molecule is Cc1cc(C)cc(C(O)C2CCC(C)O2)c1. The maximum absolute atomic E-state index is 10.3. The predicted octanol–water partition coefficient (Wildman–Crippen LogP) is 2.90. The van der Waals surface area contributed by atoms with E-state index in [1.165, 1.54) is 11.1 Å². The minimum absolute atomic E-state index is 0.0313. The molecule has 88 valence electrons. The van der Waals surface area contributed by atoms with Gasteiger partial charge in [-0.1, -0.05) is 29.3 Å². The molecule has 2 rings (SSSR count). The molecule has 0 bridgehead atoms. The summed E-state index contributed by atoms with van der Waals surface area (Å²) in [6, 6.07) is 6.21. The van der Waals surface area contributed by atoms with Gasteiger partial charge in [-0.3, -0.25) is 0 Å². The van der Waals surface area contributed by atoms with Gasteiger partial charge in [0.1, 0.15) is 6.10 Å². The molecule has 0 radical (unpaired) electrons. The van der Waals surface area contributed by atoms with Gasteiger partial charge in [-0.2, -0.15) is 0 Å². The Morgan fingerprint density at radius 2 is 1.81 bits per heavy atom. The highest BCUT2D eigenvalue weighted by molar-refractivity contribution is 5.30. The van der Waals surface area contributed by atoms with Gasteiger partial charge in [0.2, 0.25) is 0 Å². The molecule has 3 atom stereocenters. The zero-order chi connectivity index (χ0) is 11.7. The first-order valence-electron chi connectivity index (χ1n) is 5.98. The van der Waals surface area contributed by atoms with E-state index in [1.54, 1.807) is 0 Å². The van der Waals surface area contributed by atoms with Crippen LogP contribution in [-0.2, 0) is 4.74 Å². The number of aliphatic hydroxyl groups excluding tert-OH is 1. The number of aryl methyl sites for hydroxylation is 2. The van der Waals surface area contributed by atoms with Crippen LogP contribution in [0.5, 0.6) is 0 Å². The van der Waals surface area contributed by atoms with Crippen LogP contribution < -0.4 is 0 Å². The van der Waals surface area contributed by atoms with Crippen molar-refractivity contribution in [3.05, 3.63) is 34.9 Å². The Morgan fingerprint density at radius 1 is 1.19 bits per heavy atom. The van der Waals surface area contributed by atoms with E-state index in [9.17, 15) is 5.11 Å². The second kappa shape index (κ2) is 4.56.